The molecule has 1 fully saturated rings. The molecule has 1 aliphatic rings. The van der Waals surface area contributed by atoms with Gasteiger partial charge >= 0.3 is 0 Å². The lowest BCUT2D eigenvalue weighted by molar-refractivity contribution is -0.132. The number of nitrogens with zero attached hydrogens (tertiary/aromatic N) is 2. The number of hydrogen-bond acceptors (Lipinski definition) is 3. The zero-order chi connectivity index (χ0) is 20.8. The van der Waals surface area contributed by atoms with E-state index in [-0.39, 0.29) is 29.9 Å². The topological polar surface area (TPSA) is 23.6 Å². The van der Waals surface area contributed by atoms with Crippen molar-refractivity contribution >= 4 is 29.3 Å². The zero-order valence-corrected chi connectivity index (χ0v) is 18.0. The lowest BCUT2D eigenvalue weighted by atomic mass is 10.1. The standard InChI is InChI=1S/C22H25ClF2N2OS/c1-2-3-11-26(14-17-19(24)9-6-10-20(17)25)15-21(28)27-12-13-29-22(27)16-7-4-5-8-18(16)23/h4-10,22H,2-3,11-15H2,1H3/t22-/m0/s1. The van der Waals surface area contributed by atoms with Crippen molar-refractivity contribution in [1.82, 2.24) is 9.80 Å². The third-order valence-electron chi connectivity index (χ3n) is 5.01. The molecule has 3 nitrogen and oxygen atoms in total. The fourth-order valence-corrected chi connectivity index (χ4v) is 5.06. The summed E-state index contributed by atoms with van der Waals surface area (Å²) in [4.78, 5) is 16.8. The summed E-state index contributed by atoms with van der Waals surface area (Å²) in [5, 5.41) is 0.510. The molecule has 1 heterocycles. The van der Waals surface area contributed by atoms with Gasteiger partial charge in [0.05, 0.1) is 6.54 Å². The van der Waals surface area contributed by atoms with Crippen molar-refractivity contribution < 1.29 is 13.6 Å². The summed E-state index contributed by atoms with van der Waals surface area (Å²) < 4.78 is 28.2. The maximum atomic E-state index is 14.1. The van der Waals surface area contributed by atoms with Gasteiger partial charge in [0, 0.05) is 35.0 Å². The summed E-state index contributed by atoms with van der Waals surface area (Å²) in [6.07, 6.45) is 1.79. The van der Waals surface area contributed by atoms with Crippen molar-refractivity contribution in [1.29, 1.82) is 0 Å². The summed E-state index contributed by atoms with van der Waals surface area (Å²) in [6, 6.07) is 11.4. The second kappa shape index (κ2) is 10.4. The van der Waals surface area contributed by atoms with Crippen LogP contribution in [-0.2, 0) is 11.3 Å². The molecule has 1 aliphatic heterocycles. The highest BCUT2D eigenvalue weighted by molar-refractivity contribution is 7.99. The number of thioether (sulfide) groups is 1. The molecular weight excluding hydrogens is 414 g/mol. The van der Waals surface area contributed by atoms with Crippen LogP contribution in [0.2, 0.25) is 5.02 Å². The molecule has 0 aliphatic carbocycles. The maximum absolute atomic E-state index is 14.1. The van der Waals surface area contributed by atoms with E-state index in [9.17, 15) is 13.6 Å². The fraction of sp³-hybridized carbons (Fsp3) is 0.409. The second-order valence-electron chi connectivity index (χ2n) is 7.10. The summed E-state index contributed by atoms with van der Waals surface area (Å²) in [5.41, 5.74) is 0.931. The molecule has 7 heteroatoms. The quantitative estimate of drug-likeness (QED) is 0.544. The van der Waals surface area contributed by atoms with E-state index < -0.39 is 11.6 Å². The van der Waals surface area contributed by atoms with Crippen LogP contribution in [0.5, 0.6) is 0 Å². The van der Waals surface area contributed by atoms with Gasteiger partial charge in [0.2, 0.25) is 5.91 Å². The average Bonchev–Trinajstić information content (AvgIpc) is 3.19. The Balaban J connectivity index is 1.74. The molecule has 0 spiro atoms. The fourth-order valence-electron chi connectivity index (χ4n) is 3.44. The van der Waals surface area contributed by atoms with Gasteiger partial charge in [-0.05, 0) is 31.2 Å². The molecule has 29 heavy (non-hydrogen) atoms. The van der Waals surface area contributed by atoms with Gasteiger partial charge in [-0.25, -0.2) is 8.78 Å². The number of carbonyl (C=O) groups excluding carboxylic acids is 1. The lowest BCUT2D eigenvalue weighted by Crippen LogP contribution is -2.40. The number of unbranched alkanes of at least 4 members (excludes halogenated alkanes) is 1. The van der Waals surface area contributed by atoms with Crippen LogP contribution in [0.15, 0.2) is 42.5 Å². The van der Waals surface area contributed by atoms with Crippen LogP contribution < -0.4 is 0 Å². The van der Waals surface area contributed by atoms with E-state index in [2.05, 4.69) is 0 Å². The van der Waals surface area contributed by atoms with Crippen molar-refractivity contribution in [3.8, 4) is 0 Å². The summed E-state index contributed by atoms with van der Waals surface area (Å²) in [7, 11) is 0. The molecule has 2 aromatic carbocycles. The summed E-state index contributed by atoms with van der Waals surface area (Å²) in [5.74, 6) is -0.375. The molecule has 1 saturated heterocycles. The van der Waals surface area contributed by atoms with Gasteiger partial charge in [-0.3, -0.25) is 9.69 Å². The van der Waals surface area contributed by atoms with Crippen LogP contribution in [0.1, 0.15) is 36.3 Å². The van der Waals surface area contributed by atoms with Crippen molar-refractivity contribution in [2.75, 3.05) is 25.4 Å². The minimum absolute atomic E-state index is 0.00912. The van der Waals surface area contributed by atoms with Crippen LogP contribution in [0.3, 0.4) is 0 Å². The third kappa shape index (κ3) is 5.50. The first-order valence-corrected chi connectivity index (χ1v) is 11.2. The Labute approximate surface area is 180 Å². The number of amides is 1. The van der Waals surface area contributed by atoms with Crippen molar-refractivity contribution in [2.45, 2.75) is 31.7 Å². The first-order chi connectivity index (χ1) is 14.0. The van der Waals surface area contributed by atoms with Gasteiger partial charge in [0.25, 0.3) is 0 Å². The zero-order valence-electron chi connectivity index (χ0n) is 16.4. The Morgan fingerprint density at radius 2 is 1.93 bits per heavy atom. The highest BCUT2D eigenvalue weighted by Gasteiger charge is 2.32. The molecule has 0 radical (unpaired) electrons. The highest BCUT2D eigenvalue weighted by Crippen LogP contribution is 2.40. The smallest absolute Gasteiger partial charge is 0.237 e. The summed E-state index contributed by atoms with van der Waals surface area (Å²) in [6.45, 7) is 3.48. The Bertz CT molecular complexity index is 831. The van der Waals surface area contributed by atoms with E-state index >= 15 is 0 Å². The third-order valence-corrected chi connectivity index (χ3v) is 6.60. The van der Waals surface area contributed by atoms with E-state index in [1.165, 1.54) is 18.2 Å². The SMILES string of the molecule is CCCCN(CC(=O)N1CCS[C@H]1c1ccccc1Cl)Cc1c(F)cccc1F. The van der Waals surface area contributed by atoms with E-state index in [1.54, 1.807) is 11.8 Å². The molecule has 0 unspecified atom stereocenters. The Morgan fingerprint density at radius 3 is 2.62 bits per heavy atom. The van der Waals surface area contributed by atoms with Gasteiger partial charge < -0.3 is 4.90 Å². The number of carbonyl (C=O) groups is 1. The van der Waals surface area contributed by atoms with Crippen LogP contribution in [0.4, 0.5) is 8.78 Å². The van der Waals surface area contributed by atoms with Crippen molar-refractivity contribution in [2.24, 2.45) is 0 Å². The molecule has 3 rings (SSSR count). The van der Waals surface area contributed by atoms with E-state index in [0.717, 1.165) is 24.2 Å². The van der Waals surface area contributed by atoms with Crippen molar-refractivity contribution in [3.63, 3.8) is 0 Å². The van der Waals surface area contributed by atoms with Gasteiger partial charge in [0.15, 0.2) is 0 Å². The normalized spacial score (nSPS) is 16.6. The Hall–Kier alpha value is -1.63. The molecule has 0 saturated carbocycles. The van der Waals surface area contributed by atoms with Crippen molar-refractivity contribution in [3.05, 3.63) is 70.2 Å². The molecule has 0 aromatic heterocycles. The molecule has 1 amide bonds. The van der Waals surface area contributed by atoms with E-state index in [0.29, 0.717) is 18.1 Å². The maximum Gasteiger partial charge on any atom is 0.237 e. The molecule has 2 aromatic rings. The Morgan fingerprint density at radius 1 is 1.21 bits per heavy atom. The number of benzene rings is 2. The first kappa shape index (κ1) is 22.1. The molecular formula is C22H25ClF2N2OS. The second-order valence-corrected chi connectivity index (χ2v) is 8.69. The van der Waals surface area contributed by atoms with E-state index in [4.69, 9.17) is 11.6 Å². The van der Waals surface area contributed by atoms with Gasteiger partial charge in [0.1, 0.15) is 17.0 Å². The van der Waals surface area contributed by atoms with Gasteiger partial charge in [-0.15, -0.1) is 11.8 Å². The molecule has 156 valence electrons. The lowest BCUT2D eigenvalue weighted by Gasteiger charge is -2.29. The molecule has 0 N–H and O–H groups in total. The van der Waals surface area contributed by atoms with Crippen LogP contribution in [0.25, 0.3) is 0 Å². The average molecular weight is 439 g/mol. The highest BCUT2D eigenvalue weighted by atomic mass is 35.5. The summed E-state index contributed by atoms with van der Waals surface area (Å²) >= 11 is 8.03. The monoisotopic (exact) mass is 438 g/mol. The molecule has 1 atom stereocenters. The number of rotatable bonds is 8. The predicted molar refractivity (Wildman–Crippen MR) is 115 cm³/mol. The van der Waals surface area contributed by atoms with Crippen LogP contribution in [0, 0.1) is 11.6 Å². The molecule has 0 bridgehead atoms. The minimum Gasteiger partial charge on any atom is -0.325 e. The van der Waals surface area contributed by atoms with E-state index in [1.807, 2.05) is 41.0 Å². The van der Waals surface area contributed by atoms with Gasteiger partial charge in [-0.1, -0.05) is 49.2 Å². The minimum atomic E-state index is -0.579. The number of halogens is 3. The predicted octanol–water partition coefficient (Wildman–Crippen LogP) is 5.49. The Kier molecular flexibility index (Phi) is 7.92. The first-order valence-electron chi connectivity index (χ1n) is 9.82. The van der Waals surface area contributed by atoms with Crippen LogP contribution in [-0.4, -0.2) is 41.1 Å². The largest absolute Gasteiger partial charge is 0.325 e. The van der Waals surface area contributed by atoms with Crippen LogP contribution >= 0.6 is 23.4 Å². The number of hydrogen-bond donors (Lipinski definition) is 0. The van der Waals surface area contributed by atoms with Gasteiger partial charge in [-0.2, -0.15) is 0 Å².